The Morgan fingerprint density at radius 1 is 1.08 bits per heavy atom. The smallest absolute Gasteiger partial charge is 0.257 e. The molecule has 2 heterocycles. The second-order valence-corrected chi connectivity index (χ2v) is 6.31. The second-order valence-electron chi connectivity index (χ2n) is 5.28. The number of fused-ring (bicyclic) bond motifs is 2. The van der Waals surface area contributed by atoms with E-state index < -0.39 is 0 Å². The van der Waals surface area contributed by atoms with Gasteiger partial charge in [-0.25, -0.2) is 4.98 Å². The zero-order valence-electron chi connectivity index (χ0n) is 12.7. The summed E-state index contributed by atoms with van der Waals surface area (Å²) in [6.45, 7) is 1.70. The number of hydrogen-bond acceptors (Lipinski definition) is 6. The summed E-state index contributed by atoms with van der Waals surface area (Å²) in [4.78, 5) is 28.0. The Bertz CT molecular complexity index is 922. The van der Waals surface area contributed by atoms with Crippen LogP contribution in [0.2, 0.25) is 0 Å². The molecule has 0 saturated carbocycles. The van der Waals surface area contributed by atoms with Gasteiger partial charge in [-0.2, -0.15) is 0 Å². The summed E-state index contributed by atoms with van der Waals surface area (Å²) in [6, 6.07) is 10.2. The van der Waals surface area contributed by atoms with Crippen molar-refractivity contribution >= 4 is 38.4 Å². The third kappa shape index (κ3) is 2.59. The van der Waals surface area contributed by atoms with Crippen LogP contribution in [0.15, 0.2) is 36.4 Å². The Hall–Kier alpha value is -2.93. The fourth-order valence-electron chi connectivity index (χ4n) is 2.40. The minimum absolute atomic E-state index is 0.0365. The van der Waals surface area contributed by atoms with E-state index in [0.29, 0.717) is 27.8 Å². The highest BCUT2D eigenvalue weighted by atomic mass is 32.1. The maximum absolute atomic E-state index is 12.3. The lowest BCUT2D eigenvalue weighted by Crippen LogP contribution is -2.11. The molecule has 1 amide bonds. The van der Waals surface area contributed by atoms with Gasteiger partial charge < -0.3 is 9.47 Å². The molecule has 0 fully saturated rings. The number of rotatable bonds is 3. The van der Waals surface area contributed by atoms with Crippen LogP contribution in [0.1, 0.15) is 27.6 Å². The number of Topliss-reactive ketones (excluding diaryl/α,β-unsaturated/α-hetero) is 1. The number of aromatic nitrogens is 1. The number of ether oxygens (including phenoxy) is 2. The van der Waals surface area contributed by atoms with E-state index in [1.807, 2.05) is 6.07 Å². The Kier molecular flexibility index (Phi) is 3.42. The number of anilines is 1. The van der Waals surface area contributed by atoms with Gasteiger partial charge in [0.1, 0.15) is 0 Å². The van der Waals surface area contributed by atoms with Crippen LogP contribution in [-0.2, 0) is 0 Å². The van der Waals surface area contributed by atoms with Crippen molar-refractivity contribution in [3.8, 4) is 11.5 Å². The highest BCUT2D eigenvalue weighted by Gasteiger charge is 2.17. The van der Waals surface area contributed by atoms with Gasteiger partial charge in [-0.15, -0.1) is 0 Å². The normalized spacial score (nSPS) is 12.4. The van der Waals surface area contributed by atoms with Gasteiger partial charge in [-0.3, -0.25) is 14.9 Å². The molecule has 3 aromatic rings. The number of hydrogen-bond donors (Lipinski definition) is 1. The molecule has 1 aliphatic rings. The van der Waals surface area contributed by atoms with Crippen molar-refractivity contribution in [3.05, 3.63) is 47.5 Å². The van der Waals surface area contributed by atoms with E-state index in [4.69, 9.17) is 9.47 Å². The van der Waals surface area contributed by atoms with Crippen molar-refractivity contribution < 1.29 is 19.1 Å². The quantitative estimate of drug-likeness (QED) is 0.739. The molecule has 24 heavy (non-hydrogen) atoms. The van der Waals surface area contributed by atoms with E-state index in [-0.39, 0.29) is 18.5 Å². The Balaban J connectivity index is 1.57. The molecule has 0 unspecified atom stereocenters. The Morgan fingerprint density at radius 2 is 1.75 bits per heavy atom. The number of nitrogens with one attached hydrogen (secondary N) is 1. The number of nitrogens with zero attached hydrogens (tertiary/aromatic N) is 1. The Labute approximate surface area is 141 Å². The van der Waals surface area contributed by atoms with Gasteiger partial charge in [-0.05, 0) is 19.1 Å². The van der Waals surface area contributed by atoms with Crippen molar-refractivity contribution in [3.63, 3.8) is 0 Å². The topological polar surface area (TPSA) is 77.5 Å². The molecule has 120 valence electrons. The standard InChI is InChI=1S/C17H12N2O4S/c1-9(20)10-2-4-11(5-3-10)16(21)19-17-18-12-6-13-14(23-8-22-13)7-15(12)24-17/h2-7H,8H2,1H3,(H,18,19,21). The first-order valence-electron chi connectivity index (χ1n) is 7.23. The molecule has 0 atom stereocenters. The van der Waals surface area contributed by atoms with Gasteiger partial charge in [-0.1, -0.05) is 23.5 Å². The first kappa shape index (κ1) is 14.6. The number of amides is 1. The summed E-state index contributed by atoms with van der Waals surface area (Å²) in [7, 11) is 0. The van der Waals surface area contributed by atoms with Crippen LogP contribution in [0.25, 0.3) is 10.2 Å². The van der Waals surface area contributed by atoms with Gasteiger partial charge in [0, 0.05) is 23.3 Å². The maximum atomic E-state index is 12.3. The first-order valence-corrected chi connectivity index (χ1v) is 8.04. The molecule has 0 spiro atoms. The lowest BCUT2D eigenvalue weighted by atomic mass is 10.1. The minimum Gasteiger partial charge on any atom is -0.454 e. The van der Waals surface area contributed by atoms with Crippen LogP contribution in [0.4, 0.5) is 5.13 Å². The molecular formula is C17H12N2O4S. The van der Waals surface area contributed by atoms with Crippen molar-refractivity contribution in [1.29, 1.82) is 0 Å². The van der Waals surface area contributed by atoms with Crippen molar-refractivity contribution in [2.45, 2.75) is 6.92 Å². The molecule has 0 bridgehead atoms. The summed E-state index contributed by atoms with van der Waals surface area (Å²) in [5, 5.41) is 3.27. The molecular weight excluding hydrogens is 328 g/mol. The van der Waals surface area contributed by atoms with Crippen LogP contribution in [-0.4, -0.2) is 23.5 Å². The molecule has 0 radical (unpaired) electrons. The van der Waals surface area contributed by atoms with Gasteiger partial charge in [0.25, 0.3) is 5.91 Å². The fourth-order valence-corrected chi connectivity index (χ4v) is 3.27. The zero-order chi connectivity index (χ0) is 16.7. The molecule has 2 aromatic carbocycles. The third-order valence-electron chi connectivity index (χ3n) is 3.66. The molecule has 4 rings (SSSR count). The largest absolute Gasteiger partial charge is 0.454 e. The van der Waals surface area contributed by atoms with Crippen molar-refractivity contribution in [2.75, 3.05) is 12.1 Å². The summed E-state index contributed by atoms with van der Waals surface area (Å²) < 4.78 is 11.6. The SMILES string of the molecule is CC(=O)c1ccc(C(=O)Nc2nc3cc4c(cc3s2)OCO4)cc1. The number of benzene rings is 2. The Morgan fingerprint density at radius 3 is 2.46 bits per heavy atom. The lowest BCUT2D eigenvalue weighted by molar-refractivity contribution is 0.100. The second kappa shape index (κ2) is 5.61. The van der Waals surface area contributed by atoms with Crippen LogP contribution < -0.4 is 14.8 Å². The highest BCUT2D eigenvalue weighted by Crippen LogP contribution is 2.38. The fraction of sp³-hybridized carbons (Fsp3) is 0.118. The monoisotopic (exact) mass is 340 g/mol. The van der Waals surface area contributed by atoms with Gasteiger partial charge in [0.15, 0.2) is 22.4 Å². The van der Waals surface area contributed by atoms with Crippen LogP contribution in [0.3, 0.4) is 0 Å². The number of carbonyl (C=O) groups is 2. The third-order valence-corrected chi connectivity index (χ3v) is 4.59. The van der Waals surface area contributed by atoms with E-state index in [2.05, 4.69) is 10.3 Å². The molecule has 0 aliphatic carbocycles. The van der Waals surface area contributed by atoms with Crippen LogP contribution in [0, 0.1) is 0 Å². The number of carbonyl (C=O) groups excluding carboxylic acids is 2. The summed E-state index contributed by atoms with van der Waals surface area (Å²) in [6.07, 6.45) is 0. The van der Waals surface area contributed by atoms with E-state index in [1.165, 1.54) is 18.3 Å². The van der Waals surface area contributed by atoms with E-state index >= 15 is 0 Å². The van der Waals surface area contributed by atoms with E-state index in [9.17, 15) is 9.59 Å². The molecule has 6 nitrogen and oxygen atoms in total. The summed E-state index contributed by atoms with van der Waals surface area (Å²) in [5.74, 6) is 1.03. The first-order chi connectivity index (χ1) is 11.6. The summed E-state index contributed by atoms with van der Waals surface area (Å²) in [5.41, 5.74) is 1.78. The molecule has 1 aromatic heterocycles. The molecule has 0 saturated heterocycles. The number of ketones is 1. The zero-order valence-corrected chi connectivity index (χ0v) is 13.5. The maximum Gasteiger partial charge on any atom is 0.257 e. The number of thiazole rings is 1. The predicted octanol–water partition coefficient (Wildman–Crippen LogP) is 3.48. The molecule has 7 heteroatoms. The average molecular weight is 340 g/mol. The predicted molar refractivity (Wildman–Crippen MR) is 90.1 cm³/mol. The van der Waals surface area contributed by atoms with Gasteiger partial charge >= 0.3 is 0 Å². The van der Waals surface area contributed by atoms with Crippen LogP contribution >= 0.6 is 11.3 Å². The van der Waals surface area contributed by atoms with Crippen molar-refractivity contribution in [1.82, 2.24) is 4.98 Å². The summed E-state index contributed by atoms with van der Waals surface area (Å²) >= 11 is 1.36. The van der Waals surface area contributed by atoms with E-state index in [1.54, 1.807) is 30.3 Å². The van der Waals surface area contributed by atoms with Crippen molar-refractivity contribution in [2.24, 2.45) is 0 Å². The minimum atomic E-state index is -0.274. The molecule has 1 N–H and O–H groups in total. The van der Waals surface area contributed by atoms with Gasteiger partial charge in [0.2, 0.25) is 6.79 Å². The van der Waals surface area contributed by atoms with Gasteiger partial charge in [0.05, 0.1) is 10.2 Å². The molecule has 1 aliphatic heterocycles. The van der Waals surface area contributed by atoms with Crippen LogP contribution in [0.5, 0.6) is 11.5 Å². The van der Waals surface area contributed by atoms with E-state index in [0.717, 1.165) is 10.2 Å². The average Bonchev–Trinajstić information content (AvgIpc) is 3.17. The lowest BCUT2D eigenvalue weighted by Gasteiger charge is -2.02. The highest BCUT2D eigenvalue weighted by molar-refractivity contribution is 7.22.